The van der Waals surface area contributed by atoms with Crippen molar-refractivity contribution in [1.82, 2.24) is 0 Å². The molecule has 0 amide bonds. The highest BCUT2D eigenvalue weighted by Crippen LogP contribution is 2.61. The summed E-state index contributed by atoms with van der Waals surface area (Å²) < 4.78 is 5.44. The molecule has 5 nitrogen and oxygen atoms in total. The van der Waals surface area contributed by atoms with Crippen molar-refractivity contribution in [1.29, 1.82) is 0 Å². The van der Waals surface area contributed by atoms with Crippen molar-refractivity contribution in [3.05, 3.63) is 23.3 Å². The van der Waals surface area contributed by atoms with E-state index in [9.17, 15) is 19.5 Å². The average molecular weight is 374 g/mol. The molecule has 27 heavy (non-hydrogen) atoms. The maximum absolute atomic E-state index is 13.2. The lowest BCUT2D eigenvalue weighted by Crippen LogP contribution is -2.40. The van der Waals surface area contributed by atoms with Gasteiger partial charge in [0.1, 0.15) is 11.9 Å². The number of allylic oxidation sites excluding steroid dienone is 2. The highest BCUT2D eigenvalue weighted by molar-refractivity contribution is 6.04. The summed E-state index contributed by atoms with van der Waals surface area (Å²) in [6, 6.07) is 0. The van der Waals surface area contributed by atoms with Crippen molar-refractivity contribution in [2.45, 2.75) is 66.1 Å². The Morgan fingerprint density at radius 3 is 2.44 bits per heavy atom. The van der Waals surface area contributed by atoms with Crippen LogP contribution in [0.5, 0.6) is 0 Å². The van der Waals surface area contributed by atoms with E-state index in [1.54, 1.807) is 19.9 Å². The third-order valence-electron chi connectivity index (χ3n) is 6.87. The molecule has 0 aromatic carbocycles. The van der Waals surface area contributed by atoms with Gasteiger partial charge < -0.3 is 9.84 Å². The van der Waals surface area contributed by atoms with Crippen LogP contribution in [0.25, 0.3) is 0 Å². The second-order valence-corrected chi connectivity index (χ2v) is 9.29. The Balaban J connectivity index is 2.10. The Kier molecular flexibility index (Phi) is 4.74. The highest BCUT2D eigenvalue weighted by Gasteiger charge is 2.58. The maximum Gasteiger partial charge on any atom is 0.303 e. The minimum atomic E-state index is -1.73. The molecule has 3 aliphatic carbocycles. The maximum atomic E-state index is 13.2. The van der Waals surface area contributed by atoms with Gasteiger partial charge >= 0.3 is 5.97 Å². The quantitative estimate of drug-likeness (QED) is 0.564. The van der Waals surface area contributed by atoms with Crippen LogP contribution in [0.2, 0.25) is 0 Å². The molecular weight excluding hydrogens is 344 g/mol. The van der Waals surface area contributed by atoms with Crippen LogP contribution < -0.4 is 0 Å². The number of fused-ring (bicyclic) bond motifs is 2. The molecule has 0 unspecified atom stereocenters. The zero-order chi connectivity index (χ0) is 20.3. The van der Waals surface area contributed by atoms with Gasteiger partial charge in [0.15, 0.2) is 11.4 Å². The van der Waals surface area contributed by atoms with Crippen LogP contribution >= 0.6 is 0 Å². The summed E-state index contributed by atoms with van der Waals surface area (Å²) in [6.07, 6.45) is 3.54. The van der Waals surface area contributed by atoms with Crippen molar-refractivity contribution in [2.24, 2.45) is 29.1 Å². The van der Waals surface area contributed by atoms with E-state index in [0.29, 0.717) is 17.6 Å². The number of rotatable bonds is 1. The lowest BCUT2D eigenvalue weighted by molar-refractivity contribution is -0.146. The summed E-state index contributed by atoms with van der Waals surface area (Å²) in [7, 11) is 0. The van der Waals surface area contributed by atoms with Gasteiger partial charge in [0.25, 0.3) is 0 Å². The van der Waals surface area contributed by atoms with E-state index in [-0.39, 0.29) is 41.2 Å². The molecule has 0 spiro atoms. The Morgan fingerprint density at radius 1 is 1.22 bits per heavy atom. The fourth-order valence-corrected chi connectivity index (χ4v) is 4.99. The van der Waals surface area contributed by atoms with Gasteiger partial charge in [0.2, 0.25) is 0 Å². The molecule has 0 aliphatic heterocycles. The first-order valence-electron chi connectivity index (χ1n) is 9.77. The number of hydrogen-bond acceptors (Lipinski definition) is 5. The number of esters is 1. The highest BCUT2D eigenvalue weighted by atomic mass is 16.5. The van der Waals surface area contributed by atoms with Gasteiger partial charge in [-0.2, -0.15) is 0 Å². The lowest BCUT2D eigenvalue weighted by atomic mass is 9.84. The van der Waals surface area contributed by atoms with Crippen LogP contribution in [0.4, 0.5) is 0 Å². The minimum absolute atomic E-state index is 0.0193. The molecule has 3 rings (SSSR count). The fourth-order valence-electron chi connectivity index (χ4n) is 4.99. The predicted molar refractivity (Wildman–Crippen MR) is 101 cm³/mol. The number of carbonyl (C=O) groups excluding carboxylic acids is 3. The molecule has 0 aromatic rings. The van der Waals surface area contributed by atoms with Gasteiger partial charge in [-0.1, -0.05) is 39.8 Å². The Bertz CT molecular complexity index is 759. The Hall–Kier alpha value is -1.75. The molecule has 0 radical (unpaired) electrons. The molecular formula is C22H30O5. The summed E-state index contributed by atoms with van der Waals surface area (Å²) in [4.78, 5) is 37.6. The fraction of sp³-hybridized carbons (Fsp3) is 0.682. The number of hydrogen-bond donors (Lipinski definition) is 1. The van der Waals surface area contributed by atoms with Gasteiger partial charge in [-0.3, -0.25) is 14.4 Å². The molecule has 0 bridgehead atoms. The molecule has 2 saturated carbocycles. The Morgan fingerprint density at radius 2 is 1.85 bits per heavy atom. The second-order valence-electron chi connectivity index (χ2n) is 9.29. The molecule has 2 fully saturated rings. The van der Waals surface area contributed by atoms with E-state index in [1.807, 2.05) is 13.0 Å². The molecule has 0 aromatic heterocycles. The van der Waals surface area contributed by atoms with Crippen molar-refractivity contribution >= 4 is 17.5 Å². The summed E-state index contributed by atoms with van der Waals surface area (Å²) in [6.45, 7) is 10.9. The summed E-state index contributed by atoms with van der Waals surface area (Å²) in [5, 5.41) is 11.4. The topological polar surface area (TPSA) is 80.7 Å². The smallest absolute Gasteiger partial charge is 0.303 e. The van der Waals surface area contributed by atoms with Crippen molar-refractivity contribution in [3.63, 3.8) is 0 Å². The van der Waals surface area contributed by atoms with E-state index < -0.39 is 23.6 Å². The summed E-state index contributed by atoms with van der Waals surface area (Å²) >= 11 is 0. The lowest BCUT2D eigenvalue weighted by Gasteiger charge is -2.26. The third-order valence-corrected chi connectivity index (χ3v) is 6.87. The van der Waals surface area contributed by atoms with E-state index >= 15 is 0 Å². The monoisotopic (exact) mass is 374 g/mol. The Labute approximate surface area is 160 Å². The van der Waals surface area contributed by atoms with Gasteiger partial charge in [-0.25, -0.2) is 0 Å². The van der Waals surface area contributed by atoms with Crippen LogP contribution in [0.1, 0.15) is 54.4 Å². The number of carbonyl (C=O) groups is 3. The normalized spacial score (nSPS) is 44.8. The van der Waals surface area contributed by atoms with Crippen molar-refractivity contribution < 1.29 is 24.2 Å². The van der Waals surface area contributed by atoms with Crippen LogP contribution in [0.15, 0.2) is 23.3 Å². The minimum Gasteiger partial charge on any atom is -0.458 e. The van der Waals surface area contributed by atoms with Crippen LogP contribution in [0, 0.1) is 29.1 Å². The number of aliphatic hydroxyl groups is 1. The molecule has 3 aliphatic rings. The molecule has 5 heteroatoms. The van der Waals surface area contributed by atoms with E-state index in [2.05, 4.69) is 13.8 Å². The molecule has 1 N–H and O–H groups in total. The molecule has 148 valence electrons. The number of ketones is 2. The summed E-state index contributed by atoms with van der Waals surface area (Å²) in [5.41, 5.74) is -0.873. The molecule has 0 heterocycles. The average Bonchev–Trinajstić information content (AvgIpc) is 2.96. The van der Waals surface area contributed by atoms with E-state index in [0.717, 1.165) is 0 Å². The van der Waals surface area contributed by atoms with Crippen LogP contribution in [-0.4, -0.2) is 34.3 Å². The standard InChI is InChI=1S/C22H30O5/c1-11-7-17-19(27-14(4)23)13(3)10-22(17,26)20(25)12(2)8-15-16(9-18(11)24)21(15,5)6/h7-8,11,13,15-16,19,26H,9-10H2,1-6H3/b12-8+,17-7-/t11-,13-,15-,16+,19-,22-/m1/s1. The van der Waals surface area contributed by atoms with Crippen molar-refractivity contribution in [3.8, 4) is 0 Å². The first kappa shape index (κ1) is 20.0. The van der Waals surface area contributed by atoms with Gasteiger partial charge in [0, 0.05) is 30.8 Å². The van der Waals surface area contributed by atoms with E-state index in [4.69, 9.17) is 4.74 Å². The van der Waals surface area contributed by atoms with Crippen LogP contribution in [-0.2, 0) is 19.1 Å². The SMILES string of the molecule is CC(=O)O[C@H]1/C2=C/[C@@H](C)C(=O)C[C@H]3[C@@H](/C=C(\C)C(=O)[C@@]2(O)C[C@H]1C)C3(C)C. The number of Topliss-reactive ketones (excluding diaryl/α,β-unsaturated/α-hetero) is 2. The molecule has 6 atom stereocenters. The first-order valence-corrected chi connectivity index (χ1v) is 9.77. The van der Waals surface area contributed by atoms with Gasteiger partial charge in [0.05, 0.1) is 0 Å². The van der Waals surface area contributed by atoms with E-state index in [1.165, 1.54) is 6.92 Å². The van der Waals surface area contributed by atoms with Gasteiger partial charge in [-0.15, -0.1) is 0 Å². The largest absolute Gasteiger partial charge is 0.458 e. The third kappa shape index (κ3) is 3.20. The molecule has 0 saturated heterocycles. The summed E-state index contributed by atoms with van der Waals surface area (Å²) in [5.74, 6) is -1.01. The first-order chi connectivity index (χ1) is 12.4. The van der Waals surface area contributed by atoms with Gasteiger partial charge in [-0.05, 0) is 36.2 Å². The zero-order valence-corrected chi connectivity index (χ0v) is 17.0. The predicted octanol–water partition coefficient (Wildman–Crippen LogP) is 3.01. The second kappa shape index (κ2) is 6.40. The van der Waals surface area contributed by atoms with Crippen LogP contribution in [0.3, 0.4) is 0 Å². The zero-order valence-electron chi connectivity index (χ0n) is 17.0. The van der Waals surface area contributed by atoms with Crippen molar-refractivity contribution in [2.75, 3.05) is 0 Å². The number of ether oxygens (including phenoxy) is 1.